The lowest BCUT2D eigenvalue weighted by atomic mass is 10.1. The molecule has 1 aromatic heterocycles. The first kappa shape index (κ1) is 22.3. The fourth-order valence-corrected chi connectivity index (χ4v) is 3.59. The SMILES string of the molecule is COc1ccccc1-c1nn(C)cc1C(=O)NCc1ccc(COCc2ccccc2)cc1. The number of para-hydroxylation sites is 1. The van der Waals surface area contributed by atoms with Crippen molar-refractivity contribution in [3.05, 3.63) is 107 Å². The molecule has 0 bridgehead atoms. The predicted octanol–water partition coefficient (Wildman–Crippen LogP) is 4.74. The topological polar surface area (TPSA) is 65.4 Å². The number of hydrogen-bond donors (Lipinski definition) is 1. The smallest absolute Gasteiger partial charge is 0.255 e. The van der Waals surface area contributed by atoms with Crippen molar-refractivity contribution in [2.45, 2.75) is 19.8 Å². The van der Waals surface area contributed by atoms with Crippen LogP contribution in [0.3, 0.4) is 0 Å². The van der Waals surface area contributed by atoms with E-state index >= 15 is 0 Å². The number of rotatable bonds is 9. The molecule has 6 nitrogen and oxygen atoms in total. The van der Waals surface area contributed by atoms with Crippen molar-refractivity contribution in [3.8, 4) is 17.0 Å². The highest BCUT2D eigenvalue weighted by Crippen LogP contribution is 2.30. The summed E-state index contributed by atoms with van der Waals surface area (Å²) in [5.74, 6) is 0.495. The van der Waals surface area contributed by atoms with Crippen LogP contribution in [0.4, 0.5) is 0 Å². The van der Waals surface area contributed by atoms with E-state index in [9.17, 15) is 4.79 Å². The number of ether oxygens (including phenoxy) is 2. The second-order valence-corrected chi connectivity index (χ2v) is 7.74. The third-order valence-electron chi connectivity index (χ3n) is 5.29. The molecule has 0 aliphatic heterocycles. The van der Waals surface area contributed by atoms with Crippen LogP contribution < -0.4 is 10.1 Å². The minimum atomic E-state index is -0.181. The summed E-state index contributed by atoms with van der Waals surface area (Å²) in [6.45, 7) is 1.54. The Balaban J connectivity index is 1.35. The lowest BCUT2D eigenvalue weighted by molar-refractivity contribution is 0.0951. The van der Waals surface area contributed by atoms with E-state index in [-0.39, 0.29) is 5.91 Å². The van der Waals surface area contributed by atoms with Gasteiger partial charge in [0.1, 0.15) is 11.4 Å². The van der Waals surface area contributed by atoms with Gasteiger partial charge in [-0.1, -0.05) is 66.7 Å². The number of amides is 1. The Labute approximate surface area is 193 Å². The van der Waals surface area contributed by atoms with Gasteiger partial charge in [-0.3, -0.25) is 9.48 Å². The van der Waals surface area contributed by atoms with Gasteiger partial charge in [0.15, 0.2) is 0 Å². The van der Waals surface area contributed by atoms with Gasteiger partial charge in [0, 0.05) is 25.4 Å². The summed E-state index contributed by atoms with van der Waals surface area (Å²) < 4.78 is 12.9. The molecule has 0 aliphatic rings. The maximum atomic E-state index is 12.9. The van der Waals surface area contributed by atoms with E-state index in [1.54, 1.807) is 25.0 Å². The van der Waals surface area contributed by atoms with Crippen molar-refractivity contribution in [1.82, 2.24) is 15.1 Å². The van der Waals surface area contributed by atoms with Crippen LogP contribution in [0.15, 0.2) is 85.1 Å². The van der Waals surface area contributed by atoms with Gasteiger partial charge < -0.3 is 14.8 Å². The Kier molecular flexibility index (Phi) is 7.17. The number of nitrogens with zero attached hydrogens (tertiary/aromatic N) is 2. The maximum absolute atomic E-state index is 12.9. The number of aryl methyl sites for hydroxylation is 1. The van der Waals surface area contributed by atoms with Crippen LogP contribution in [0.1, 0.15) is 27.0 Å². The van der Waals surface area contributed by atoms with Crippen LogP contribution in [0.5, 0.6) is 5.75 Å². The Morgan fingerprint density at radius 3 is 2.24 bits per heavy atom. The van der Waals surface area contributed by atoms with E-state index in [0.717, 1.165) is 22.3 Å². The fraction of sp³-hybridized carbons (Fsp3) is 0.185. The zero-order valence-corrected chi connectivity index (χ0v) is 18.8. The lowest BCUT2D eigenvalue weighted by Crippen LogP contribution is -2.23. The molecular formula is C27H27N3O3. The minimum absolute atomic E-state index is 0.181. The number of methoxy groups -OCH3 is 1. The molecule has 0 atom stereocenters. The second kappa shape index (κ2) is 10.6. The largest absolute Gasteiger partial charge is 0.496 e. The van der Waals surface area contributed by atoms with Crippen molar-refractivity contribution in [1.29, 1.82) is 0 Å². The molecule has 1 N–H and O–H groups in total. The zero-order chi connectivity index (χ0) is 23.0. The molecule has 0 fully saturated rings. The van der Waals surface area contributed by atoms with Gasteiger partial charge in [-0.05, 0) is 28.8 Å². The summed E-state index contributed by atoms with van der Waals surface area (Å²) >= 11 is 0. The van der Waals surface area contributed by atoms with Crippen LogP contribution in [-0.2, 0) is 31.5 Å². The average molecular weight is 442 g/mol. The summed E-state index contributed by atoms with van der Waals surface area (Å²) in [6.07, 6.45) is 1.73. The molecule has 1 amide bonds. The summed E-state index contributed by atoms with van der Waals surface area (Å²) in [5, 5.41) is 7.49. The third-order valence-corrected chi connectivity index (χ3v) is 5.29. The van der Waals surface area contributed by atoms with Crippen molar-refractivity contribution >= 4 is 5.91 Å². The van der Waals surface area contributed by atoms with Crippen molar-refractivity contribution in [2.24, 2.45) is 7.05 Å². The number of hydrogen-bond acceptors (Lipinski definition) is 4. The highest BCUT2D eigenvalue weighted by molar-refractivity contribution is 6.00. The first-order valence-electron chi connectivity index (χ1n) is 10.8. The summed E-state index contributed by atoms with van der Waals surface area (Å²) in [5.41, 5.74) is 5.14. The summed E-state index contributed by atoms with van der Waals surface area (Å²) in [7, 11) is 3.41. The van der Waals surface area contributed by atoms with Gasteiger partial charge >= 0.3 is 0 Å². The highest BCUT2D eigenvalue weighted by atomic mass is 16.5. The molecule has 0 saturated heterocycles. The summed E-state index contributed by atoms with van der Waals surface area (Å²) in [4.78, 5) is 12.9. The Bertz CT molecular complexity index is 1200. The highest BCUT2D eigenvalue weighted by Gasteiger charge is 2.19. The van der Waals surface area contributed by atoms with Crippen LogP contribution >= 0.6 is 0 Å². The Morgan fingerprint density at radius 2 is 1.52 bits per heavy atom. The minimum Gasteiger partial charge on any atom is -0.496 e. The molecule has 0 radical (unpaired) electrons. The number of carbonyl (C=O) groups is 1. The number of carbonyl (C=O) groups excluding carboxylic acids is 1. The van der Waals surface area contributed by atoms with Crippen molar-refractivity contribution < 1.29 is 14.3 Å². The quantitative estimate of drug-likeness (QED) is 0.407. The van der Waals surface area contributed by atoms with Crippen LogP contribution in [0.2, 0.25) is 0 Å². The molecule has 0 spiro atoms. The van der Waals surface area contributed by atoms with E-state index in [4.69, 9.17) is 9.47 Å². The van der Waals surface area contributed by atoms with E-state index in [1.165, 1.54) is 0 Å². The van der Waals surface area contributed by atoms with E-state index < -0.39 is 0 Å². The average Bonchev–Trinajstić information content (AvgIpc) is 3.25. The van der Waals surface area contributed by atoms with Gasteiger partial charge in [-0.15, -0.1) is 0 Å². The van der Waals surface area contributed by atoms with Crippen molar-refractivity contribution in [3.63, 3.8) is 0 Å². The van der Waals surface area contributed by atoms with E-state index in [1.807, 2.05) is 78.9 Å². The molecule has 1 heterocycles. The molecule has 6 heteroatoms. The van der Waals surface area contributed by atoms with Gasteiger partial charge in [-0.2, -0.15) is 5.10 Å². The molecule has 0 unspecified atom stereocenters. The molecule has 0 saturated carbocycles. The maximum Gasteiger partial charge on any atom is 0.255 e. The third kappa shape index (κ3) is 5.67. The monoisotopic (exact) mass is 441 g/mol. The first-order valence-corrected chi connectivity index (χ1v) is 10.8. The molecule has 33 heavy (non-hydrogen) atoms. The molecule has 4 rings (SSSR count). The molecule has 3 aromatic carbocycles. The standard InChI is InChI=1S/C27H27N3O3/c1-30-17-24(26(29-30)23-10-6-7-11-25(23)32-2)27(31)28-16-20-12-14-22(15-13-20)19-33-18-21-8-4-3-5-9-21/h3-15,17H,16,18-19H2,1-2H3,(H,28,31). The van der Waals surface area contributed by atoms with Crippen LogP contribution in [0, 0.1) is 0 Å². The molecule has 168 valence electrons. The van der Waals surface area contributed by atoms with Gasteiger partial charge in [0.05, 0.1) is 25.9 Å². The Hall–Kier alpha value is -3.90. The van der Waals surface area contributed by atoms with E-state index in [2.05, 4.69) is 10.4 Å². The lowest BCUT2D eigenvalue weighted by Gasteiger charge is -2.09. The molecule has 4 aromatic rings. The van der Waals surface area contributed by atoms with Gasteiger partial charge in [0.2, 0.25) is 0 Å². The van der Waals surface area contributed by atoms with Crippen molar-refractivity contribution in [2.75, 3.05) is 7.11 Å². The number of aromatic nitrogens is 2. The molecule has 0 aliphatic carbocycles. The van der Waals surface area contributed by atoms with Gasteiger partial charge in [0.25, 0.3) is 5.91 Å². The summed E-state index contributed by atoms with van der Waals surface area (Å²) in [6, 6.07) is 25.7. The predicted molar refractivity (Wildman–Crippen MR) is 128 cm³/mol. The van der Waals surface area contributed by atoms with Crippen LogP contribution in [-0.4, -0.2) is 22.8 Å². The van der Waals surface area contributed by atoms with Gasteiger partial charge in [-0.25, -0.2) is 0 Å². The number of nitrogens with one attached hydrogen (secondary N) is 1. The normalized spacial score (nSPS) is 10.7. The fourth-order valence-electron chi connectivity index (χ4n) is 3.59. The first-order chi connectivity index (χ1) is 16.1. The van der Waals surface area contributed by atoms with E-state index in [0.29, 0.717) is 36.8 Å². The number of benzene rings is 3. The zero-order valence-electron chi connectivity index (χ0n) is 18.8. The second-order valence-electron chi connectivity index (χ2n) is 7.74. The Morgan fingerprint density at radius 1 is 0.879 bits per heavy atom. The van der Waals surface area contributed by atoms with Crippen LogP contribution in [0.25, 0.3) is 11.3 Å². The molecular weight excluding hydrogens is 414 g/mol.